The summed E-state index contributed by atoms with van der Waals surface area (Å²) in [6.45, 7) is 0.526. The number of benzene rings is 1. The predicted molar refractivity (Wildman–Crippen MR) is 57.1 cm³/mol. The highest BCUT2D eigenvalue weighted by molar-refractivity contribution is 5.96. The third kappa shape index (κ3) is 4.62. The molecule has 0 aliphatic heterocycles. The van der Waals surface area contributed by atoms with Crippen LogP contribution in [0.2, 0.25) is 0 Å². The van der Waals surface area contributed by atoms with Crippen molar-refractivity contribution in [1.82, 2.24) is 5.48 Å². The number of hydrogen-bond donors (Lipinski definition) is 1. The number of amides is 1. The van der Waals surface area contributed by atoms with Crippen LogP contribution in [0.25, 0.3) is 0 Å². The quantitative estimate of drug-likeness (QED) is 0.829. The summed E-state index contributed by atoms with van der Waals surface area (Å²) in [5.41, 5.74) is 1.83. The van der Waals surface area contributed by atoms with Crippen molar-refractivity contribution >= 4 is 5.91 Å². The number of alkyl halides is 3. The molecule has 0 bridgehead atoms. The van der Waals surface area contributed by atoms with E-state index < -0.39 is 18.7 Å². The molecule has 1 N–H and O–H groups in total. The van der Waals surface area contributed by atoms with E-state index in [1.165, 1.54) is 6.07 Å². The maximum Gasteiger partial charge on any atom is 0.414 e. The molecule has 0 atom stereocenters. The minimum absolute atomic E-state index is 0.113. The van der Waals surface area contributed by atoms with Crippen LogP contribution in [-0.4, -0.2) is 25.3 Å². The lowest BCUT2D eigenvalue weighted by Crippen LogP contribution is -2.29. The molecule has 0 heterocycles. The summed E-state index contributed by atoms with van der Waals surface area (Å²) < 4.78 is 40.6. The second-order valence-electron chi connectivity index (χ2n) is 3.26. The average Bonchev–Trinajstić information content (AvgIpc) is 2.28. The zero-order valence-electron chi connectivity index (χ0n) is 9.58. The summed E-state index contributed by atoms with van der Waals surface area (Å²) in [5, 5.41) is 0. The van der Waals surface area contributed by atoms with Crippen LogP contribution in [-0.2, 0) is 4.84 Å². The summed E-state index contributed by atoms with van der Waals surface area (Å²) in [5.74, 6) is -0.503. The van der Waals surface area contributed by atoms with Crippen LogP contribution in [0.3, 0.4) is 0 Å². The van der Waals surface area contributed by atoms with E-state index >= 15 is 0 Å². The molecule has 1 amide bonds. The molecule has 0 aliphatic carbocycles. The smallest absolute Gasteiger partial charge is 0.414 e. The minimum atomic E-state index is -4.49. The SMILES string of the molecule is CCOc1ccccc1C(=O)NOCC(F)(F)F. The lowest BCUT2D eigenvalue weighted by atomic mass is 10.2. The number of hydroxylamine groups is 1. The Morgan fingerprint density at radius 2 is 2.00 bits per heavy atom. The molecule has 1 aromatic carbocycles. The fourth-order valence-electron chi connectivity index (χ4n) is 1.17. The van der Waals surface area contributed by atoms with E-state index in [0.717, 1.165) is 0 Å². The van der Waals surface area contributed by atoms with Crippen LogP contribution in [0.15, 0.2) is 24.3 Å². The summed E-state index contributed by atoms with van der Waals surface area (Å²) in [6, 6.07) is 6.19. The molecular formula is C11H12F3NO3. The fraction of sp³-hybridized carbons (Fsp3) is 0.364. The van der Waals surface area contributed by atoms with Gasteiger partial charge in [-0.2, -0.15) is 13.2 Å². The first kappa shape index (κ1) is 14.3. The number of carbonyl (C=O) groups is 1. The normalized spacial score (nSPS) is 11.1. The van der Waals surface area contributed by atoms with Crippen LogP contribution >= 0.6 is 0 Å². The van der Waals surface area contributed by atoms with Crippen LogP contribution in [0.4, 0.5) is 13.2 Å². The Balaban J connectivity index is 2.61. The Labute approximate surface area is 102 Å². The van der Waals surface area contributed by atoms with Crippen molar-refractivity contribution < 1.29 is 27.5 Å². The highest BCUT2D eigenvalue weighted by atomic mass is 19.4. The average molecular weight is 263 g/mol. The van der Waals surface area contributed by atoms with Crippen LogP contribution in [0, 0.1) is 0 Å². The highest BCUT2D eigenvalue weighted by Crippen LogP contribution is 2.18. The van der Waals surface area contributed by atoms with E-state index in [4.69, 9.17) is 4.74 Å². The summed E-state index contributed by atoms with van der Waals surface area (Å²) >= 11 is 0. The first-order valence-corrected chi connectivity index (χ1v) is 5.14. The van der Waals surface area contributed by atoms with E-state index in [1.54, 1.807) is 30.6 Å². The van der Waals surface area contributed by atoms with Crippen LogP contribution < -0.4 is 10.2 Å². The molecule has 0 spiro atoms. The number of ether oxygens (including phenoxy) is 1. The van der Waals surface area contributed by atoms with Crippen molar-refractivity contribution in [2.75, 3.05) is 13.2 Å². The van der Waals surface area contributed by atoms with Gasteiger partial charge in [-0.3, -0.25) is 9.63 Å². The van der Waals surface area contributed by atoms with Crippen LogP contribution in [0.1, 0.15) is 17.3 Å². The largest absolute Gasteiger partial charge is 0.493 e. The maximum absolute atomic E-state index is 11.8. The standard InChI is InChI=1S/C11H12F3NO3/c1-2-17-9-6-4-3-5-8(9)10(16)15-18-7-11(12,13)14/h3-6H,2,7H2,1H3,(H,15,16). The third-order valence-corrected chi connectivity index (χ3v) is 1.83. The van der Waals surface area contributed by atoms with Gasteiger partial charge in [0.2, 0.25) is 0 Å². The highest BCUT2D eigenvalue weighted by Gasteiger charge is 2.28. The van der Waals surface area contributed by atoms with Gasteiger partial charge in [0.05, 0.1) is 12.2 Å². The number of rotatable bonds is 5. The Bertz CT molecular complexity index is 407. The van der Waals surface area contributed by atoms with Crippen molar-refractivity contribution in [2.45, 2.75) is 13.1 Å². The van der Waals surface area contributed by atoms with Gasteiger partial charge in [-0.05, 0) is 19.1 Å². The lowest BCUT2D eigenvalue weighted by Gasteiger charge is -2.11. The molecule has 0 aliphatic rings. The topological polar surface area (TPSA) is 47.6 Å². The monoisotopic (exact) mass is 263 g/mol. The lowest BCUT2D eigenvalue weighted by molar-refractivity contribution is -0.184. The second-order valence-corrected chi connectivity index (χ2v) is 3.26. The van der Waals surface area contributed by atoms with Crippen molar-refractivity contribution in [3.8, 4) is 5.75 Å². The van der Waals surface area contributed by atoms with Gasteiger partial charge in [-0.15, -0.1) is 0 Å². The molecule has 18 heavy (non-hydrogen) atoms. The fourth-order valence-corrected chi connectivity index (χ4v) is 1.17. The van der Waals surface area contributed by atoms with Crippen molar-refractivity contribution in [1.29, 1.82) is 0 Å². The zero-order valence-corrected chi connectivity index (χ0v) is 9.58. The maximum atomic E-state index is 11.8. The molecule has 0 saturated carbocycles. The Morgan fingerprint density at radius 3 is 2.61 bits per heavy atom. The molecule has 4 nitrogen and oxygen atoms in total. The molecule has 1 rings (SSSR count). The van der Waals surface area contributed by atoms with Gasteiger partial charge in [0.25, 0.3) is 5.91 Å². The number of hydrogen-bond acceptors (Lipinski definition) is 3. The van der Waals surface area contributed by atoms with Gasteiger partial charge in [-0.1, -0.05) is 12.1 Å². The number of nitrogens with one attached hydrogen (secondary N) is 1. The molecule has 0 fully saturated rings. The van der Waals surface area contributed by atoms with Gasteiger partial charge in [0.1, 0.15) is 5.75 Å². The molecule has 100 valence electrons. The molecule has 0 aromatic heterocycles. The Hall–Kier alpha value is -1.76. The van der Waals surface area contributed by atoms with E-state index in [9.17, 15) is 18.0 Å². The summed E-state index contributed by atoms with van der Waals surface area (Å²) in [7, 11) is 0. The first-order valence-electron chi connectivity index (χ1n) is 5.14. The summed E-state index contributed by atoms with van der Waals surface area (Å²) in [6.07, 6.45) is -4.49. The van der Waals surface area contributed by atoms with Gasteiger partial charge in [-0.25, -0.2) is 5.48 Å². The molecule has 1 aromatic rings. The van der Waals surface area contributed by atoms with E-state index in [2.05, 4.69) is 4.84 Å². The molecule has 0 radical (unpaired) electrons. The third-order valence-electron chi connectivity index (χ3n) is 1.83. The molecule has 7 heteroatoms. The van der Waals surface area contributed by atoms with Gasteiger partial charge in [0.15, 0.2) is 6.61 Å². The predicted octanol–water partition coefficient (Wildman–Crippen LogP) is 2.31. The number of halogens is 3. The number of para-hydroxylation sites is 1. The van der Waals surface area contributed by atoms with Gasteiger partial charge in [0, 0.05) is 0 Å². The summed E-state index contributed by atoms with van der Waals surface area (Å²) in [4.78, 5) is 15.6. The van der Waals surface area contributed by atoms with Crippen LogP contribution in [0.5, 0.6) is 5.75 Å². The van der Waals surface area contributed by atoms with Crippen molar-refractivity contribution in [3.63, 3.8) is 0 Å². The van der Waals surface area contributed by atoms with Crippen molar-refractivity contribution in [2.24, 2.45) is 0 Å². The van der Waals surface area contributed by atoms with E-state index in [0.29, 0.717) is 6.61 Å². The molecular weight excluding hydrogens is 251 g/mol. The van der Waals surface area contributed by atoms with Gasteiger partial charge >= 0.3 is 6.18 Å². The minimum Gasteiger partial charge on any atom is -0.493 e. The molecule has 0 unspecified atom stereocenters. The number of carbonyl (C=O) groups excluding carboxylic acids is 1. The van der Waals surface area contributed by atoms with Gasteiger partial charge < -0.3 is 4.74 Å². The van der Waals surface area contributed by atoms with E-state index in [1.807, 2.05) is 0 Å². The Kier molecular flexibility index (Phi) is 4.96. The first-order chi connectivity index (χ1) is 8.44. The zero-order chi connectivity index (χ0) is 13.6. The van der Waals surface area contributed by atoms with Crippen molar-refractivity contribution in [3.05, 3.63) is 29.8 Å². The van der Waals surface area contributed by atoms with E-state index in [-0.39, 0.29) is 11.3 Å². The molecule has 0 saturated heterocycles. The second kappa shape index (κ2) is 6.25. The Morgan fingerprint density at radius 1 is 1.33 bits per heavy atom.